The highest BCUT2D eigenvalue weighted by Crippen LogP contribution is 1.32. The second kappa shape index (κ2) is 157. The number of rotatable bonds is 0. The Bertz CT molecular complexity index is 12.9. The van der Waals surface area contributed by atoms with E-state index in [1.54, 1.807) is 0 Å². The molecule has 0 aliphatic carbocycles. The van der Waals surface area contributed by atoms with E-state index in [0.717, 1.165) is 0 Å². The van der Waals surface area contributed by atoms with Gasteiger partial charge in [0, 0.05) is 0 Å². The Labute approximate surface area is 104 Å². The molecule has 0 aromatic rings. The van der Waals surface area contributed by atoms with Gasteiger partial charge in [0.05, 0.1) is 23.7 Å². The minimum atomic E-state index is 0. The third-order valence-corrected chi connectivity index (χ3v) is 0. The Balaban J connectivity index is -0.00000000114. The Hall–Kier alpha value is 2.43. The first-order chi connectivity index (χ1) is 2.00. The average Bonchev–Trinajstić information content (AvgIpc) is 1.50. The van der Waals surface area contributed by atoms with Crippen LogP contribution in [-0.2, 0) is 0 Å². The first-order valence-corrected chi connectivity index (χ1v) is 1.01. The molecule has 0 aromatic heterocycles. The van der Waals surface area contributed by atoms with Gasteiger partial charge in [-0.2, -0.15) is 0 Å². The van der Waals surface area contributed by atoms with Crippen LogP contribution in [0.3, 0.4) is 0 Å². The van der Waals surface area contributed by atoms with E-state index < -0.39 is 0 Å². The molecule has 64 valence electrons. The van der Waals surface area contributed by atoms with Gasteiger partial charge >= 0.3 is 0 Å². The van der Waals surface area contributed by atoms with Crippen LogP contribution in [0.15, 0.2) is 0 Å². The van der Waals surface area contributed by atoms with E-state index in [4.69, 9.17) is 9.32 Å². The van der Waals surface area contributed by atoms with Crippen LogP contribution in [0.2, 0.25) is 0 Å². The summed E-state index contributed by atoms with van der Waals surface area (Å²) in [6.07, 6.45) is 0. The zero-order valence-corrected chi connectivity index (χ0v) is 6.84. The van der Waals surface area contributed by atoms with Crippen LogP contribution in [0, 0.1) is 0 Å². The lowest BCUT2D eigenvalue weighted by Gasteiger charge is -1.13. The van der Waals surface area contributed by atoms with Gasteiger partial charge in [-0.25, -0.2) is 0 Å². The molecule has 9 heavy (non-hydrogen) atoms. The zero-order chi connectivity index (χ0) is 4.00. The van der Waals surface area contributed by atoms with Crippen LogP contribution in [0.5, 0.6) is 0 Å². The molecule has 2 N–H and O–H groups in total. The van der Waals surface area contributed by atoms with Crippen LogP contribution in [0.25, 0.3) is 0 Å². The average molecular weight is 274 g/mol. The predicted octanol–water partition coefficient (Wildman–Crippen LogP) is -0.837. The van der Waals surface area contributed by atoms with E-state index in [1.807, 2.05) is 0 Å². The van der Waals surface area contributed by atoms with Gasteiger partial charge in [-0.15, -0.1) is 37.2 Å². The van der Waals surface area contributed by atoms with Gasteiger partial charge in [0.1, 0.15) is 0 Å². The Morgan fingerprint density at radius 3 is 0.556 bits per heavy atom. The standard InChI is InChI=1S/2Al.2ClHO.3ClH.6H/c;;2*1-2;;;;;;;;;/h;;2*2H;3*1H;;;;;;. The smallest absolute Gasteiger partial charge is 0.187 e. The minimum Gasteiger partial charge on any atom is -0.295 e. The number of halogens is 5. The fraction of sp³-hybridized carbons (Fsp3) is 0. The summed E-state index contributed by atoms with van der Waals surface area (Å²) in [5, 5.41) is 0. The van der Waals surface area contributed by atoms with E-state index in [-0.39, 0.29) is 71.9 Å². The first-order valence-electron chi connectivity index (χ1n) is 0.338. The van der Waals surface area contributed by atoms with E-state index in [1.165, 1.54) is 0 Å². The molecule has 0 aliphatic heterocycles. The quantitative estimate of drug-likeness (QED) is 0.566. The maximum Gasteiger partial charge on any atom is 0.187 e. The lowest BCUT2D eigenvalue weighted by molar-refractivity contribution is 0.632. The van der Waals surface area contributed by atoms with E-state index in [9.17, 15) is 0 Å². The summed E-state index contributed by atoms with van der Waals surface area (Å²) in [6, 6.07) is 0. The summed E-state index contributed by atoms with van der Waals surface area (Å²) in [7, 11) is 0. The van der Waals surface area contributed by atoms with Gasteiger partial charge in [-0.3, -0.25) is 9.32 Å². The summed E-state index contributed by atoms with van der Waals surface area (Å²) in [5.74, 6) is 0. The lowest BCUT2D eigenvalue weighted by atomic mass is 15.9. The summed E-state index contributed by atoms with van der Waals surface area (Å²) in [5.41, 5.74) is 0. The first kappa shape index (κ1) is 63.3. The van der Waals surface area contributed by atoms with Gasteiger partial charge < -0.3 is 0 Å². The van der Waals surface area contributed by atoms with Crippen molar-refractivity contribution in [3.05, 3.63) is 0 Å². The fourth-order valence-electron chi connectivity index (χ4n) is 0. The summed E-state index contributed by atoms with van der Waals surface area (Å²) in [6.45, 7) is 0. The van der Waals surface area contributed by atoms with Crippen molar-refractivity contribution in [1.82, 2.24) is 0 Å². The van der Waals surface area contributed by atoms with Crippen molar-refractivity contribution >= 4 is 95.7 Å². The second-order valence-electron chi connectivity index (χ2n) is 0. The maximum atomic E-state index is 6.47. The lowest BCUT2D eigenvalue weighted by Crippen LogP contribution is -0.913. The van der Waals surface area contributed by atoms with E-state index >= 15 is 0 Å². The van der Waals surface area contributed by atoms with Crippen molar-refractivity contribution in [2.45, 2.75) is 0 Å². The van der Waals surface area contributed by atoms with Crippen LogP contribution < -0.4 is 0 Å². The molecule has 0 heterocycles. The highest BCUT2D eigenvalue weighted by atomic mass is 35.5. The Kier molecular flexibility index (Phi) is 1100. The molecule has 0 rings (SSSR count). The molecule has 0 bridgehead atoms. The normalized spacial score (nSPS) is 1.33. The molecule has 0 radical (unpaired) electrons. The molecule has 0 aliphatic rings. The molecule has 0 saturated heterocycles. The highest BCUT2D eigenvalue weighted by molar-refractivity contribution is 6.05. The van der Waals surface area contributed by atoms with Crippen molar-refractivity contribution in [3.63, 3.8) is 0 Å². The molecule has 2 nitrogen and oxygen atoms in total. The van der Waals surface area contributed by atoms with Crippen molar-refractivity contribution < 1.29 is 9.32 Å². The number of hydrogen-bond acceptors (Lipinski definition) is 2. The molecular formula is H11Al2Cl5O2. The molecule has 9 heteroatoms. The van der Waals surface area contributed by atoms with Crippen LogP contribution in [0.1, 0.15) is 0 Å². The molecule has 0 fully saturated rings. The van der Waals surface area contributed by atoms with Gasteiger partial charge in [-0.1, -0.05) is 0 Å². The predicted molar refractivity (Wildman–Crippen MR) is 57.8 cm³/mol. The van der Waals surface area contributed by atoms with Crippen LogP contribution in [0.4, 0.5) is 0 Å². The number of hydrogen-bond donors (Lipinski definition) is 2. The monoisotopic (exact) mass is 272 g/mol. The third kappa shape index (κ3) is 125. The maximum absolute atomic E-state index is 6.47. The summed E-state index contributed by atoms with van der Waals surface area (Å²) < 4.78 is 12.9. The van der Waals surface area contributed by atoms with Gasteiger partial charge in [0.15, 0.2) is 34.7 Å². The van der Waals surface area contributed by atoms with Crippen LogP contribution >= 0.6 is 61.0 Å². The molecule has 0 saturated carbocycles. The van der Waals surface area contributed by atoms with Gasteiger partial charge in [-0.05, 0) is 0 Å². The van der Waals surface area contributed by atoms with Crippen molar-refractivity contribution in [1.29, 1.82) is 0 Å². The highest BCUT2D eigenvalue weighted by Gasteiger charge is 0.899. The molecule has 0 amide bonds. The minimum absolute atomic E-state index is 0. The third-order valence-electron chi connectivity index (χ3n) is 0. The van der Waals surface area contributed by atoms with E-state index in [2.05, 4.69) is 23.7 Å². The molecular weight excluding hydrogens is 263 g/mol. The molecule has 0 unspecified atom stereocenters. The summed E-state index contributed by atoms with van der Waals surface area (Å²) >= 11 is 7.28. The van der Waals surface area contributed by atoms with Crippen molar-refractivity contribution in [2.75, 3.05) is 0 Å². The Morgan fingerprint density at radius 1 is 0.556 bits per heavy atom. The summed E-state index contributed by atoms with van der Waals surface area (Å²) in [4.78, 5) is 0. The van der Waals surface area contributed by atoms with Crippen LogP contribution in [-0.4, -0.2) is 44.0 Å². The topological polar surface area (TPSA) is 40.5 Å². The van der Waals surface area contributed by atoms with Crippen molar-refractivity contribution in [3.8, 4) is 0 Å². The van der Waals surface area contributed by atoms with Gasteiger partial charge in [0.2, 0.25) is 0 Å². The zero-order valence-electron chi connectivity index (χ0n) is 2.88. The Morgan fingerprint density at radius 2 is 0.556 bits per heavy atom. The largest absolute Gasteiger partial charge is 0.295 e. The molecule has 0 aromatic carbocycles. The van der Waals surface area contributed by atoms with E-state index in [0.29, 0.717) is 0 Å². The van der Waals surface area contributed by atoms with Crippen molar-refractivity contribution in [2.24, 2.45) is 0 Å². The fourth-order valence-corrected chi connectivity index (χ4v) is 0. The van der Waals surface area contributed by atoms with Gasteiger partial charge in [0.25, 0.3) is 0 Å². The SMILES string of the molecule is Cl.Cl.Cl.OCl.OCl.[AlH3].[AlH3]. The molecule has 0 atom stereocenters. The second-order valence-corrected chi connectivity index (χ2v) is 0. The molecule has 0 spiro atoms.